The van der Waals surface area contributed by atoms with Gasteiger partial charge in [0.1, 0.15) is 0 Å². The zero-order valence-electron chi connectivity index (χ0n) is 10.7. The van der Waals surface area contributed by atoms with Gasteiger partial charge in [0.2, 0.25) is 0 Å². The van der Waals surface area contributed by atoms with Crippen LogP contribution >= 0.6 is 7.60 Å². The van der Waals surface area contributed by atoms with Crippen molar-refractivity contribution in [3.63, 3.8) is 0 Å². The summed E-state index contributed by atoms with van der Waals surface area (Å²) in [6, 6.07) is 0. The first-order chi connectivity index (χ1) is 9.68. The van der Waals surface area contributed by atoms with Crippen molar-refractivity contribution in [3.05, 3.63) is 23.0 Å². The summed E-state index contributed by atoms with van der Waals surface area (Å²) in [6.07, 6.45) is 1.77. The van der Waals surface area contributed by atoms with Crippen LogP contribution in [-0.4, -0.2) is 55.4 Å². The first-order valence-corrected chi connectivity index (χ1v) is 9.43. The Bertz CT molecular complexity index is 850. The molecule has 0 amide bonds. The number of nitrogens with zero attached hydrogens (tertiary/aromatic N) is 3. The summed E-state index contributed by atoms with van der Waals surface area (Å²) >= 11 is 0. The molecule has 0 aliphatic heterocycles. The minimum Gasteiger partial charge on any atom is -0.324 e. The Morgan fingerprint density at radius 1 is 1.29 bits per heavy atom. The second kappa shape index (κ2) is 5.68. The number of sulfone groups is 1. The Morgan fingerprint density at radius 2 is 2.00 bits per heavy atom. The number of imidazole rings is 1. The molecule has 2 heterocycles. The van der Waals surface area contributed by atoms with E-state index >= 15 is 0 Å². The fraction of sp³-hybridized carbons (Fsp3) is 0.444. The number of hydrogen-bond donors (Lipinski definition) is 3. The Kier molecular flexibility index (Phi) is 4.28. The third kappa shape index (κ3) is 4.21. The van der Waals surface area contributed by atoms with Gasteiger partial charge in [0.05, 0.1) is 30.3 Å². The second-order valence-electron chi connectivity index (χ2n) is 4.38. The first-order valence-electron chi connectivity index (χ1n) is 5.81. The Morgan fingerprint density at radius 3 is 2.67 bits per heavy atom. The number of H-pyrrole nitrogens is 1. The molecule has 0 bridgehead atoms. The van der Waals surface area contributed by atoms with Crippen LogP contribution in [0.25, 0.3) is 11.2 Å². The quantitative estimate of drug-likeness (QED) is 0.550. The van der Waals surface area contributed by atoms with Crippen LogP contribution in [0.3, 0.4) is 0 Å². The molecule has 116 valence electrons. The SMILES string of the molecule is O=c1[nH]cnc2c1ncn2CCS(=O)(=O)CCP(=O)(O)O. The van der Waals surface area contributed by atoms with E-state index in [1.165, 1.54) is 17.2 Å². The van der Waals surface area contributed by atoms with E-state index in [1.54, 1.807) is 0 Å². The summed E-state index contributed by atoms with van der Waals surface area (Å²) in [5.74, 6) is -0.926. The van der Waals surface area contributed by atoms with Gasteiger partial charge < -0.3 is 19.3 Å². The summed E-state index contributed by atoms with van der Waals surface area (Å²) in [5, 5.41) is 0. The van der Waals surface area contributed by atoms with Gasteiger partial charge in [-0.15, -0.1) is 0 Å². The number of aromatic nitrogens is 4. The van der Waals surface area contributed by atoms with Crippen LogP contribution in [0.2, 0.25) is 0 Å². The molecule has 0 radical (unpaired) electrons. The van der Waals surface area contributed by atoms with Gasteiger partial charge in [-0.1, -0.05) is 0 Å². The summed E-state index contributed by atoms with van der Waals surface area (Å²) in [6.45, 7) is -0.00353. The van der Waals surface area contributed by atoms with Gasteiger partial charge in [0.25, 0.3) is 5.56 Å². The van der Waals surface area contributed by atoms with Crippen LogP contribution in [0, 0.1) is 0 Å². The molecule has 0 aliphatic carbocycles. The molecular weight excluding hydrogens is 323 g/mol. The number of fused-ring (bicyclic) bond motifs is 1. The van der Waals surface area contributed by atoms with Crippen LogP contribution in [-0.2, 0) is 20.9 Å². The molecule has 10 nitrogen and oxygen atoms in total. The molecule has 2 rings (SSSR count). The predicted molar refractivity (Wildman–Crippen MR) is 73.7 cm³/mol. The summed E-state index contributed by atoms with van der Waals surface area (Å²) in [5.41, 5.74) is -0.0721. The van der Waals surface area contributed by atoms with Gasteiger partial charge in [-0.2, -0.15) is 0 Å². The number of aromatic amines is 1. The molecule has 0 aliphatic rings. The number of hydrogen-bond acceptors (Lipinski definition) is 6. The number of rotatable bonds is 6. The van der Waals surface area contributed by atoms with E-state index in [0.29, 0.717) is 0 Å². The fourth-order valence-electron chi connectivity index (χ4n) is 1.65. The third-order valence-electron chi connectivity index (χ3n) is 2.74. The van der Waals surface area contributed by atoms with Crippen molar-refractivity contribution in [2.45, 2.75) is 6.54 Å². The minimum atomic E-state index is -4.35. The molecule has 12 heteroatoms. The minimum absolute atomic E-state index is 0.00353. The summed E-state index contributed by atoms with van der Waals surface area (Å²) in [4.78, 5) is 38.9. The predicted octanol–water partition coefficient (Wildman–Crippen LogP) is -1.29. The summed E-state index contributed by atoms with van der Waals surface area (Å²) < 4.78 is 35.5. The van der Waals surface area contributed by atoms with Crippen molar-refractivity contribution in [2.75, 3.05) is 17.7 Å². The Balaban J connectivity index is 2.10. The van der Waals surface area contributed by atoms with Gasteiger partial charge in [0, 0.05) is 6.54 Å². The van der Waals surface area contributed by atoms with Crippen molar-refractivity contribution in [1.82, 2.24) is 19.5 Å². The lowest BCUT2D eigenvalue weighted by molar-refractivity contribution is 0.374. The topological polar surface area (TPSA) is 155 Å². The van der Waals surface area contributed by atoms with Crippen LogP contribution in [0.1, 0.15) is 0 Å². The van der Waals surface area contributed by atoms with Gasteiger partial charge in [-0.05, 0) is 0 Å². The second-order valence-corrected chi connectivity index (χ2v) is 8.46. The van der Waals surface area contributed by atoms with E-state index in [0.717, 1.165) is 0 Å². The summed E-state index contributed by atoms with van der Waals surface area (Å²) in [7, 11) is -7.97. The third-order valence-corrected chi connectivity index (χ3v) is 5.48. The van der Waals surface area contributed by atoms with E-state index in [-0.39, 0.29) is 23.5 Å². The molecule has 0 saturated heterocycles. The van der Waals surface area contributed by atoms with Crippen molar-refractivity contribution >= 4 is 28.6 Å². The average molecular weight is 336 g/mol. The highest BCUT2D eigenvalue weighted by Gasteiger charge is 2.20. The molecule has 0 fully saturated rings. The Labute approximate surface area is 118 Å². The molecule has 0 atom stereocenters. The molecule has 0 spiro atoms. The monoisotopic (exact) mass is 336 g/mol. The van der Waals surface area contributed by atoms with E-state index in [4.69, 9.17) is 9.79 Å². The molecule has 2 aromatic heterocycles. The maximum atomic E-state index is 11.7. The maximum Gasteiger partial charge on any atom is 0.326 e. The highest BCUT2D eigenvalue weighted by atomic mass is 32.2. The van der Waals surface area contributed by atoms with Crippen molar-refractivity contribution in [3.8, 4) is 0 Å². The van der Waals surface area contributed by atoms with Crippen molar-refractivity contribution < 1.29 is 22.8 Å². The lowest BCUT2D eigenvalue weighted by atomic mass is 10.5. The van der Waals surface area contributed by atoms with E-state index in [2.05, 4.69) is 15.0 Å². The van der Waals surface area contributed by atoms with E-state index < -0.39 is 34.9 Å². The highest BCUT2D eigenvalue weighted by Crippen LogP contribution is 2.33. The van der Waals surface area contributed by atoms with Gasteiger partial charge in [-0.3, -0.25) is 9.36 Å². The van der Waals surface area contributed by atoms with E-state index in [9.17, 15) is 17.8 Å². The van der Waals surface area contributed by atoms with Crippen LogP contribution in [0.4, 0.5) is 0 Å². The smallest absolute Gasteiger partial charge is 0.324 e. The molecular formula is C9H13N4O6PS. The highest BCUT2D eigenvalue weighted by molar-refractivity contribution is 7.91. The van der Waals surface area contributed by atoms with Crippen molar-refractivity contribution in [2.24, 2.45) is 0 Å². The fourth-order valence-corrected chi connectivity index (χ4v) is 4.40. The normalized spacial score (nSPS) is 12.9. The zero-order valence-corrected chi connectivity index (χ0v) is 12.4. The molecule has 21 heavy (non-hydrogen) atoms. The standard InChI is InChI=1S/C9H13N4O6PS/c14-9-7-8(10-5-11-9)13(6-12-7)1-3-21(18,19)4-2-20(15,16)17/h5-6H,1-4H2,(H,10,11,14)(H2,15,16,17). The average Bonchev–Trinajstić information content (AvgIpc) is 2.78. The van der Waals surface area contributed by atoms with Crippen LogP contribution in [0.5, 0.6) is 0 Å². The lowest BCUT2D eigenvalue weighted by Gasteiger charge is -2.06. The van der Waals surface area contributed by atoms with Gasteiger partial charge in [0.15, 0.2) is 21.0 Å². The molecule has 0 aromatic carbocycles. The molecule has 2 aromatic rings. The van der Waals surface area contributed by atoms with Gasteiger partial charge in [-0.25, -0.2) is 18.4 Å². The molecule has 3 N–H and O–H groups in total. The molecule has 0 saturated carbocycles. The molecule has 0 unspecified atom stereocenters. The van der Waals surface area contributed by atoms with E-state index in [1.807, 2.05) is 0 Å². The lowest BCUT2D eigenvalue weighted by Crippen LogP contribution is -2.18. The maximum absolute atomic E-state index is 11.7. The number of aryl methyl sites for hydroxylation is 1. The first kappa shape index (κ1) is 15.8. The Hall–Kier alpha value is -1.55. The van der Waals surface area contributed by atoms with Crippen LogP contribution < -0.4 is 5.56 Å². The van der Waals surface area contributed by atoms with Crippen molar-refractivity contribution in [1.29, 1.82) is 0 Å². The van der Waals surface area contributed by atoms with Gasteiger partial charge >= 0.3 is 7.60 Å². The zero-order chi connectivity index (χ0) is 15.7. The number of nitrogens with one attached hydrogen (secondary N) is 1. The largest absolute Gasteiger partial charge is 0.326 e. The van der Waals surface area contributed by atoms with Crippen LogP contribution in [0.15, 0.2) is 17.4 Å².